The lowest BCUT2D eigenvalue weighted by Gasteiger charge is -2.23. The van der Waals surface area contributed by atoms with Gasteiger partial charge in [-0.25, -0.2) is 4.79 Å². The predicted molar refractivity (Wildman–Crippen MR) is 132 cm³/mol. The molecule has 0 unspecified atom stereocenters. The minimum atomic E-state index is -0.904. The van der Waals surface area contributed by atoms with Crippen molar-refractivity contribution in [1.82, 2.24) is 4.90 Å². The molecule has 6 nitrogen and oxygen atoms in total. The van der Waals surface area contributed by atoms with Crippen molar-refractivity contribution in [3.8, 4) is 16.9 Å². The largest absolute Gasteiger partial charge is 0.496 e. The van der Waals surface area contributed by atoms with Gasteiger partial charge in [0.1, 0.15) is 12.4 Å². The lowest BCUT2D eigenvalue weighted by atomic mass is 9.94. The van der Waals surface area contributed by atoms with E-state index in [4.69, 9.17) is 21.1 Å². The van der Waals surface area contributed by atoms with E-state index in [1.807, 2.05) is 56.3 Å². The van der Waals surface area contributed by atoms with Gasteiger partial charge in [-0.15, -0.1) is 0 Å². The number of rotatable bonds is 9. The molecule has 3 rings (SSSR count). The molecule has 0 aliphatic heterocycles. The zero-order valence-corrected chi connectivity index (χ0v) is 20.3. The first-order valence-electron chi connectivity index (χ1n) is 11.0. The third-order valence-electron chi connectivity index (χ3n) is 5.48. The maximum absolute atomic E-state index is 12.9. The van der Waals surface area contributed by atoms with Gasteiger partial charge in [0, 0.05) is 29.2 Å². The molecule has 178 valence electrons. The number of carboxylic acid groups (broad SMARTS) is 1. The lowest BCUT2D eigenvalue weighted by Crippen LogP contribution is -2.31. The molecule has 0 heterocycles. The molecule has 34 heavy (non-hydrogen) atoms. The molecule has 0 fully saturated rings. The van der Waals surface area contributed by atoms with E-state index in [-0.39, 0.29) is 13.0 Å². The molecule has 1 N–H and O–H groups in total. The van der Waals surface area contributed by atoms with E-state index in [2.05, 4.69) is 0 Å². The number of carbonyl (C=O) groups is 2. The van der Waals surface area contributed by atoms with Crippen molar-refractivity contribution < 1.29 is 24.2 Å². The first kappa shape index (κ1) is 25.1. The van der Waals surface area contributed by atoms with Gasteiger partial charge in [0.2, 0.25) is 0 Å². The number of aliphatic carboxylic acids is 1. The number of benzene rings is 3. The van der Waals surface area contributed by atoms with E-state index in [1.165, 1.54) is 0 Å². The molecule has 3 aromatic rings. The van der Waals surface area contributed by atoms with Crippen LogP contribution in [0.4, 0.5) is 4.79 Å². The van der Waals surface area contributed by atoms with Crippen LogP contribution in [0.25, 0.3) is 11.1 Å². The quantitative estimate of drug-likeness (QED) is 0.399. The van der Waals surface area contributed by atoms with Crippen LogP contribution in [0.2, 0.25) is 5.02 Å². The van der Waals surface area contributed by atoms with Gasteiger partial charge < -0.3 is 19.5 Å². The molecular weight excluding hydrogens is 454 g/mol. The molecule has 1 amide bonds. The second-order valence-corrected chi connectivity index (χ2v) is 8.33. The van der Waals surface area contributed by atoms with Crippen LogP contribution in [0, 0.1) is 6.92 Å². The summed E-state index contributed by atoms with van der Waals surface area (Å²) in [6.45, 7) is 4.73. The summed E-state index contributed by atoms with van der Waals surface area (Å²) in [5, 5.41) is 9.76. The highest BCUT2D eigenvalue weighted by Gasteiger charge is 2.19. The highest BCUT2D eigenvalue weighted by molar-refractivity contribution is 6.31. The highest BCUT2D eigenvalue weighted by Crippen LogP contribution is 2.34. The summed E-state index contributed by atoms with van der Waals surface area (Å²) in [6, 6.07) is 18.6. The number of nitrogens with zero attached hydrogens (tertiary/aromatic N) is 1. The Labute approximate surface area is 204 Å². The molecule has 3 aromatic carbocycles. The number of methoxy groups -OCH3 is 1. The second-order valence-electron chi connectivity index (χ2n) is 7.93. The summed E-state index contributed by atoms with van der Waals surface area (Å²) in [6.07, 6.45) is -0.533. The van der Waals surface area contributed by atoms with Crippen molar-refractivity contribution in [2.24, 2.45) is 0 Å². The molecule has 0 atom stereocenters. The number of amides is 1. The number of carboxylic acids is 1. The van der Waals surface area contributed by atoms with Gasteiger partial charge in [-0.2, -0.15) is 0 Å². The molecule has 0 aliphatic carbocycles. The molecule has 0 aromatic heterocycles. The minimum absolute atomic E-state index is 0.0841. The SMILES string of the molecule is CCN(Cc1cc(C)ccc1-c1cc(CC(=O)O)ccc1OC)C(=O)OCc1ccccc1Cl. The van der Waals surface area contributed by atoms with Crippen LogP contribution in [0.3, 0.4) is 0 Å². The van der Waals surface area contributed by atoms with Gasteiger partial charge in [-0.05, 0) is 48.7 Å². The van der Waals surface area contributed by atoms with E-state index in [0.717, 1.165) is 27.8 Å². The van der Waals surface area contributed by atoms with E-state index in [1.54, 1.807) is 30.2 Å². The van der Waals surface area contributed by atoms with Crippen LogP contribution in [-0.2, 0) is 29.1 Å². The zero-order valence-electron chi connectivity index (χ0n) is 19.5. The fourth-order valence-corrected chi connectivity index (χ4v) is 3.91. The molecule has 0 aliphatic rings. The van der Waals surface area contributed by atoms with Crippen LogP contribution in [0.1, 0.15) is 29.2 Å². The molecular formula is C27H28ClNO5. The van der Waals surface area contributed by atoms with Gasteiger partial charge in [0.25, 0.3) is 0 Å². The Hall–Kier alpha value is -3.51. The Balaban J connectivity index is 1.89. The Morgan fingerprint density at radius 1 is 1.00 bits per heavy atom. The predicted octanol–water partition coefficient (Wildman–Crippen LogP) is 6.11. The molecule has 0 saturated carbocycles. The van der Waals surface area contributed by atoms with Crippen molar-refractivity contribution in [1.29, 1.82) is 0 Å². The highest BCUT2D eigenvalue weighted by atomic mass is 35.5. The fourth-order valence-electron chi connectivity index (χ4n) is 3.72. The van der Waals surface area contributed by atoms with E-state index in [9.17, 15) is 14.7 Å². The number of hydrogen-bond donors (Lipinski definition) is 1. The first-order chi connectivity index (χ1) is 16.3. The van der Waals surface area contributed by atoms with Crippen molar-refractivity contribution in [3.63, 3.8) is 0 Å². The summed E-state index contributed by atoms with van der Waals surface area (Å²) >= 11 is 6.18. The normalized spacial score (nSPS) is 10.6. The van der Waals surface area contributed by atoms with Crippen LogP contribution < -0.4 is 4.74 Å². The Morgan fingerprint density at radius 2 is 1.76 bits per heavy atom. The average Bonchev–Trinajstić information content (AvgIpc) is 2.81. The smallest absolute Gasteiger partial charge is 0.410 e. The lowest BCUT2D eigenvalue weighted by molar-refractivity contribution is -0.136. The Bertz CT molecular complexity index is 1180. The first-order valence-corrected chi connectivity index (χ1v) is 11.3. The van der Waals surface area contributed by atoms with Gasteiger partial charge in [-0.1, -0.05) is 59.6 Å². The summed E-state index contributed by atoms with van der Waals surface area (Å²) in [5.41, 5.74) is 5.00. The van der Waals surface area contributed by atoms with Crippen LogP contribution in [-0.4, -0.2) is 35.7 Å². The van der Waals surface area contributed by atoms with Crippen molar-refractivity contribution >= 4 is 23.7 Å². The van der Waals surface area contributed by atoms with Crippen molar-refractivity contribution in [2.45, 2.75) is 33.4 Å². The van der Waals surface area contributed by atoms with Gasteiger partial charge in [0.15, 0.2) is 0 Å². The Morgan fingerprint density at radius 3 is 2.44 bits per heavy atom. The number of halogens is 1. The van der Waals surface area contributed by atoms with Crippen molar-refractivity contribution in [2.75, 3.05) is 13.7 Å². The van der Waals surface area contributed by atoms with Crippen LogP contribution in [0.5, 0.6) is 5.75 Å². The van der Waals surface area contributed by atoms with Gasteiger partial charge >= 0.3 is 12.1 Å². The van der Waals surface area contributed by atoms with Crippen molar-refractivity contribution in [3.05, 3.63) is 87.9 Å². The van der Waals surface area contributed by atoms with Crippen LogP contribution in [0.15, 0.2) is 60.7 Å². The molecule has 7 heteroatoms. The topological polar surface area (TPSA) is 76.1 Å². The molecule has 0 radical (unpaired) electrons. The fraction of sp³-hybridized carbons (Fsp3) is 0.259. The van der Waals surface area contributed by atoms with E-state index < -0.39 is 12.1 Å². The third-order valence-corrected chi connectivity index (χ3v) is 5.85. The average molecular weight is 482 g/mol. The standard InChI is InChI=1S/C27H28ClNO5/c1-4-29(27(32)34-17-20-7-5-6-8-24(20)28)16-21-13-18(2)9-11-22(21)23-14-19(15-26(30)31)10-12-25(23)33-3/h5-14H,4,15-17H2,1-3H3,(H,30,31). The molecule has 0 spiro atoms. The monoisotopic (exact) mass is 481 g/mol. The summed E-state index contributed by atoms with van der Waals surface area (Å²) in [4.78, 5) is 25.7. The summed E-state index contributed by atoms with van der Waals surface area (Å²) in [7, 11) is 1.58. The number of hydrogen-bond acceptors (Lipinski definition) is 4. The van der Waals surface area contributed by atoms with Crippen LogP contribution >= 0.6 is 11.6 Å². The number of carbonyl (C=O) groups excluding carboxylic acids is 1. The van der Waals surface area contributed by atoms with E-state index in [0.29, 0.717) is 29.4 Å². The summed E-state index contributed by atoms with van der Waals surface area (Å²) in [5.74, 6) is -0.276. The molecule has 0 bridgehead atoms. The third kappa shape index (κ3) is 6.29. The second kappa shape index (κ2) is 11.6. The Kier molecular flexibility index (Phi) is 8.55. The van der Waals surface area contributed by atoms with E-state index >= 15 is 0 Å². The van der Waals surface area contributed by atoms with Gasteiger partial charge in [-0.3, -0.25) is 4.79 Å². The number of ether oxygens (including phenoxy) is 2. The number of aryl methyl sites for hydroxylation is 1. The zero-order chi connectivity index (χ0) is 24.7. The molecule has 0 saturated heterocycles. The maximum atomic E-state index is 12.9. The van der Waals surface area contributed by atoms with Gasteiger partial charge in [0.05, 0.1) is 13.5 Å². The minimum Gasteiger partial charge on any atom is -0.496 e. The maximum Gasteiger partial charge on any atom is 0.410 e. The summed E-state index contributed by atoms with van der Waals surface area (Å²) < 4.78 is 11.1.